The van der Waals surface area contributed by atoms with E-state index in [0.717, 1.165) is 55.9 Å². The van der Waals surface area contributed by atoms with Crippen LogP contribution in [0, 0.1) is 0 Å². The molecule has 0 atom stereocenters. The molecule has 3 nitrogen and oxygen atoms in total. The van der Waals surface area contributed by atoms with Gasteiger partial charge in [-0.05, 0) is 90.0 Å². The second kappa shape index (κ2) is 13.8. The van der Waals surface area contributed by atoms with Crippen LogP contribution in [0.1, 0.15) is 45.4 Å². The van der Waals surface area contributed by atoms with Crippen molar-refractivity contribution in [3.8, 4) is 11.4 Å². The van der Waals surface area contributed by atoms with Crippen LogP contribution in [0.3, 0.4) is 0 Å². The molecule has 0 aliphatic heterocycles. The molecule has 1 aromatic heterocycles. The van der Waals surface area contributed by atoms with E-state index in [1.54, 1.807) is 0 Å². The summed E-state index contributed by atoms with van der Waals surface area (Å²) in [6.45, 7) is 3.22. The number of para-hydroxylation sites is 2. The summed E-state index contributed by atoms with van der Waals surface area (Å²) in [6.07, 6.45) is 7.53. The lowest BCUT2D eigenvalue weighted by molar-refractivity contribution is 0.566. The van der Waals surface area contributed by atoms with Crippen LogP contribution in [-0.4, -0.2) is 9.55 Å². The SMILES string of the molecule is CCCCCCCCn1c(-c2ccc(N(c3ccccc3)c3ccccc3)cc2)nc2c3ccc(Br)cc3c3cc(Br)ccc3c21. The first-order valence-corrected chi connectivity index (χ1v) is 17.9. The predicted octanol–water partition coefficient (Wildman–Crippen LogP) is 13.4. The number of benzene rings is 6. The van der Waals surface area contributed by atoms with E-state index in [9.17, 15) is 0 Å². The molecule has 6 aromatic carbocycles. The largest absolute Gasteiger partial charge is 0.323 e. The van der Waals surface area contributed by atoms with Crippen molar-refractivity contribution in [2.75, 3.05) is 4.90 Å². The van der Waals surface area contributed by atoms with Gasteiger partial charge in [-0.1, -0.05) is 119 Å². The Morgan fingerprint density at radius 3 is 1.74 bits per heavy atom. The number of anilines is 3. The zero-order valence-corrected chi connectivity index (χ0v) is 29.3. The summed E-state index contributed by atoms with van der Waals surface area (Å²) in [7, 11) is 0. The number of nitrogens with zero attached hydrogens (tertiary/aromatic N) is 3. The second-order valence-electron chi connectivity index (χ2n) is 12.0. The van der Waals surface area contributed by atoms with E-state index in [-0.39, 0.29) is 0 Å². The minimum absolute atomic E-state index is 0.938. The van der Waals surface area contributed by atoms with Gasteiger partial charge in [-0.2, -0.15) is 0 Å². The van der Waals surface area contributed by atoms with E-state index < -0.39 is 0 Å². The number of aromatic nitrogens is 2. The summed E-state index contributed by atoms with van der Waals surface area (Å²) in [4.78, 5) is 7.76. The van der Waals surface area contributed by atoms with Crippen LogP contribution in [0.2, 0.25) is 0 Å². The number of hydrogen-bond acceptors (Lipinski definition) is 2. The number of aryl methyl sites for hydroxylation is 1. The smallest absolute Gasteiger partial charge is 0.141 e. The third kappa shape index (κ3) is 6.11. The monoisotopic (exact) mass is 729 g/mol. The number of halogens is 2. The molecule has 46 heavy (non-hydrogen) atoms. The number of imidazole rings is 1. The molecule has 0 saturated carbocycles. The Morgan fingerprint density at radius 1 is 0.565 bits per heavy atom. The van der Waals surface area contributed by atoms with Gasteiger partial charge >= 0.3 is 0 Å². The summed E-state index contributed by atoms with van der Waals surface area (Å²) in [5.74, 6) is 1.03. The van der Waals surface area contributed by atoms with Gasteiger partial charge in [0.05, 0.1) is 11.0 Å². The molecule has 230 valence electrons. The van der Waals surface area contributed by atoms with E-state index in [1.165, 1.54) is 59.2 Å². The number of fused-ring (bicyclic) bond motifs is 6. The highest BCUT2D eigenvalue weighted by Crippen LogP contribution is 2.41. The molecule has 7 aromatic rings. The zero-order chi connectivity index (χ0) is 31.5. The minimum Gasteiger partial charge on any atom is -0.323 e. The van der Waals surface area contributed by atoms with E-state index >= 15 is 0 Å². The van der Waals surface area contributed by atoms with Crippen molar-refractivity contribution in [2.24, 2.45) is 0 Å². The van der Waals surface area contributed by atoms with Crippen molar-refractivity contribution in [3.05, 3.63) is 130 Å². The van der Waals surface area contributed by atoms with Crippen LogP contribution in [0.25, 0.3) is 44.0 Å². The first-order valence-electron chi connectivity index (χ1n) is 16.3. The highest BCUT2D eigenvalue weighted by atomic mass is 79.9. The van der Waals surface area contributed by atoms with Crippen LogP contribution in [0.5, 0.6) is 0 Å². The van der Waals surface area contributed by atoms with Crippen LogP contribution in [0.15, 0.2) is 130 Å². The lowest BCUT2D eigenvalue weighted by Crippen LogP contribution is -2.09. The first-order chi connectivity index (χ1) is 22.6. The van der Waals surface area contributed by atoms with Crippen molar-refractivity contribution < 1.29 is 0 Å². The Balaban J connectivity index is 1.37. The molecule has 0 saturated heterocycles. The molecule has 0 aliphatic rings. The number of unbranched alkanes of at least 4 members (excludes halogenated alkanes) is 5. The van der Waals surface area contributed by atoms with Crippen molar-refractivity contribution in [1.29, 1.82) is 0 Å². The molecule has 0 spiro atoms. The maximum absolute atomic E-state index is 5.45. The van der Waals surface area contributed by atoms with Gasteiger partial charge in [0, 0.05) is 48.9 Å². The fourth-order valence-electron chi connectivity index (χ4n) is 6.65. The van der Waals surface area contributed by atoms with Gasteiger partial charge in [0.1, 0.15) is 5.82 Å². The van der Waals surface area contributed by atoms with E-state index in [2.05, 4.69) is 170 Å². The maximum Gasteiger partial charge on any atom is 0.141 e. The molecule has 0 amide bonds. The van der Waals surface area contributed by atoms with Gasteiger partial charge in [-0.25, -0.2) is 4.98 Å². The number of rotatable bonds is 11. The molecule has 0 fully saturated rings. The molecule has 0 unspecified atom stereocenters. The molecular weight excluding hydrogens is 694 g/mol. The minimum atomic E-state index is 0.938. The van der Waals surface area contributed by atoms with Crippen LogP contribution in [0.4, 0.5) is 17.1 Å². The summed E-state index contributed by atoms with van der Waals surface area (Å²) in [5, 5.41) is 4.88. The first kappa shape index (κ1) is 30.7. The van der Waals surface area contributed by atoms with E-state index in [4.69, 9.17) is 4.98 Å². The number of hydrogen-bond donors (Lipinski definition) is 0. The Hall–Kier alpha value is -3.93. The molecule has 0 N–H and O–H groups in total. The molecule has 1 heterocycles. The summed E-state index contributed by atoms with van der Waals surface area (Å²) in [5.41, 5.74) is 6.80. The highest BCUT2D eigenvalue weighted by molar-refractivity contribution is 9.10. The lowest BCUT2D eigenvalue weighted by atomic mass is 10.00. The Labute approximate surface area is 288 Å². The van der Waals surface area contributed by atoms with Crippen molar-refractivity contribution in [1.82, 2.24) is 9.55 Å². The third-order valence-electron chi connectivity index (χ3n) is 8.88. The van der Waals surface area contributed by atoms with E-state index in [1.807, 2.05) is 0 Å². The summed E-state index contributed by atoms with van der Waals surface area (Å²) in [6, 6.07) is 43.3. The second-order valence-corrected chi connectivity index (χ2v) is 13.8. The predicted molar refractivity (Wildman–Crippen MR) is 204 cm³/mol. The van der Waals surface area contributed by atoms with Crippen LogP contribution in [-0.2, 0) is 6.54 Å². The van der Waals surface area contributed by atoms with Gasteiger partial charge in [0.15, 0.2) is 0 Å². The van der Waals surface area contributed by atoms with Crippen LogP contribution >= 0.6 is 31.9 Å². The fraction of sp³-hybridized carbons (Fsp3) is 0.195. The standard InChI is InChI=1S/C41H37Br2N3/c1-2-3-4-5-6-13-26-45-40-36-25-21-31(43)28-38(36)37-27-30(42)20-24-35(37)39(40)44-41(45)29-18-22-34(23-19-29)46(32-14-9-7-10-15-32)33-16-11-8-12-17-33/h7-12,14-25,27-28H,2-6,13,26H2,1H3. The van der Waals surface area contributed by atoms with Gasteiger partial charge < -0.3 is 9.47 Å². The van der Waals surface area contributed by atoms with Crippen LogP contribution < -0.4 is 4.90 Å². The molecule has 0 aliphatic carbocycles. The van der Waals surface area contributed by atoms with Gasteiger partial charge in [0.25, 0.3) is 0 Å². The van der Waals surface area contributed by atoms with Crippen molar-refractivity contribution >= 4 is 81.5 Å². The maximum atomic E-state index is 5.45. The molecule has 0 bridgehead atoms. The van der Waals surface area contributed by atoms with Crippen molar-refractivity contribution in [3.63, 3.8) is 0 Å². The quantitative estimate of drug-likeness (QED) is 0.0976. The third-order valence-corrected chi connectivity index (χ3v) is 9.87. The van der Waals surface area contributed by atoms with Gasteiger partial charge in [-0.3, -0.25) is 0 Å². The zero-order valence-electron chi connectivity index (χ0n) is 26.1. The molecule has 7 rings (SSSR count). The molecular formula is C41H37Br2N3. The normalized spacial score (nSPS) is 11.5. The molecule has 0 radical (unpaired) electrons. The lowest BCUT2D eigenvalue weighted by Gasteiger charge is -2.25. The Morgan fingerprint density at radius 2 is 1.11 bits per heavy atom. The average Bonchev–Trinajstić information content (AvgIpc) is 3.47. The topological polar surface area (TPSA) is 21.1 Å². The highest BCUT2D eigenvalue weighted by Gasteiger charge is 2.20. The fourth-order valence-corrected chi connectivity index (χ4v) is 7.38. The summed E-state index contributed by atoms with van der Waals surface area (Å²) < 4.78 is 4.65. The summed E-state index contributed by atoms with van der Waals surface area (Å²) >= 11 is 7.47. The average molecular weight is 732 g/mol. The van der Waals surface area contributed by atoms with Crippen molar-refractivity contribution in [2.45, 2.75) is 52.0 Å². The van der Waals surface area contributed by atoms with Gasteiger partial charge in [-0.15, -0.1) is 0 Å². The Bertz CT molecular complexity index is 2060. The molecule has 5 heteroatoms. The van der Waals surface area contributed by atoms with E-state index in [0.29, 0.717) is 0 Å². The van der Waals surface area contributed by atoms with Gasteiger partial charge in [0.2, 0.25) is 0 Å². The Kier molecular flexibility index (Phi) is 9.23.